The van der Waals surface area contributed by atoms with Gasteiger partial charge in [-0.1, -0.05) is 178 Å². The maximum atomic E-state index is 12.9. The summed E-state index contributed by atoms with van der Waals surface area (Å²) in [5, 5.41) is 50.3. The zero-order valence-electron chi connectivity index (χ0n) is 40.8. The Morgan fingerprint density at radius 1 is 0.492 bits per heavy atom. The van der Waals surface area contributed by atoms with E-state index in [1.165, 1.54) is 109 Å². The van der Waals surface area contributed by atoms with Crippen molar-refractivity contribution in [3.8, 4) is 0 Å². The van der Waals surface area contributed by atoms with E-state index in [1.54, 1.807) is 0 Å². The number of rotatable bonds is 44. The minimum Gasteiger partial charge on any atom is -0.457 e. The van der Waals surface area contributed by atoms with Gasteiger partial charge < -0.3 is 39.9 Å². The molecule has 0 amide bonds. The van der Waals surface area contributed by atoms with Gasteiger partial charge in [0.15, 0.2) is 0 Å². The molecule has 0 radical (unpaired) electrons. The molecule has 0 aromatic rings. The Morgan fingerprint density at radius 3 is 1.35 bits per heavy atom. The van der Waals surface area contributed by atoms with Gasteiger partial charge in [-0.25, -0.2) is 4.57 Å². The van der Waals surface area contributed by atoms with Gasteiger partial charge in [0, 0.05) is 13.0 Å². The molecule has 6 atom stereocenters. The molecule has 1 fully saturated rings. The maximum absolute atomic E-state index is 12.9. The molecule has 1 aliphatic rings. The van der Waals surface area contributed by atoms with Crippen molar-refractivity contribution >= 4 is 13.8 Å². The van der Waals surface area contributed by atoms with Gasteiger partial charge in [-0.2, -0.15) is 0 Å². The van der Waals surface area contributed by atoms with Gasteiger partial charge in [0.05, 0.1) is 13.2 Å². The highest BCUT2D eigenvalue weighted by Gasteiger charge is 2.51. The fourth-order valence-electron chi connectivity index (χ4n) is 7.77. The van der Waals surface area contributed by atoms with Gasteiger partial charge in [-0.05, 0) is 77.0 Å². The van der Waals surface area contributed by atoms with Gasteiger partial charge in [0.2, 0.25) is 0 Å². The van der Waals surface area contributed by atoms with Crippen LogP contribution < -0.4 is 0 Å². The van der Waals surface area contributed by atoms with Crippen molar-refractivity contribution in [1.29, 1.82) is 0 Å². The summed E-state index contributed by atoms with van der Waals surface area (Å²) in [6.45, 7) is 4.22. The van der Waals surface area contributed by atoms with Crippen molar-refractivity contribution < 1.29 is 58.3 Å². The molecule has 0 aromatic heterocycles. The van der Waals surface area contributed by atoms with Crippen LogP contribution in [0, 0.1) is 0 Å². The summed E-state index contributed by atoms with van der Waals surface area (Å²) in [6.07, 6.45) is 40.3. The first-order chi connectivity index (χ1) is 31.5. The van der Waals surface area contributed by atoms with E-state index in [4.69, 9.17) is 18.5 Å². The first-order valence-electron chi connectivity index (χ1n) is 26.0. The maximum Gasteiger partial charge on any atom is 0.472 e. The molecule has 1 saturated carbocycles. The Kier molecular flexibility index (Phi) is 40.0. The summed E-state index contributed by atoms with van der Waals surface area (Å²) in [5.74, 6) is -0.485. The molecule has 0 bridgehead atoms. The molecule has 0 aliphatic heterocycles. The number of carbonyl (C=O) groups is 1. The van der Waals surface area contributed by atoms with Crippen LogP contribution in [0.15, 0.2) is 48.6 Å². The highest BCUT2D eigenvalue weighted by atomic mass is 31.2. The van der Waals surface area contributed by atoms with Gasteiger partial charge >= 0.3 is 13.8 Å². The van der Waals surface area contributed by atoms with Crippen molar-refractivity contribution in [3.63, 3.8) is 0 Å². The number of aliphatic hydroxyl groups is 5. The second kappa shape index (κ2) is 42.4. The predicted molar refractivity (Wildman–Crippen MR) is 262 cm³/mol. The summed E-state index contributed by atoms with van der Waals surface area (Å²) in [5.41, 5.74) is 0. The molecular formula is C52H95O12P. The lowest BCUT2D eigenvalue weighted by Gasteiger charge is -2.41. The highest BCUT2D eigenvalue weighted by molar-refractivity contribution is 7.47. The summed E-state index contributed by atoms with van der Waals surface area (Å²) in [6, 6.07) is 0. The van der Waals surface area contributed by atoms with E-state index in [0.29, 0.717) is 13.0 Å². The average Bonchev–Trinajstić information content (AvgIpc) is 3.29. The van der Waals surface area contributed by atoms with Crippen LogP contribution in [-0.2, 0) is 27.9 Å². The van der Waals surface area contributed by atoms with Crippen molar-refractivity contribution in [3.05, 3.63) is 48.6 Å². The number of phosphoric ester groups is 1. The standard InChI is InChI=1S/C52H95O12P/c1-3-5-7-9-11-13-15-17-19-21-23-24-26-28-30-32-34-36-38-40-42-61-43-45(44-62-65(59,60)64-52-50(57)48(55)47(54)49(56)51(52)58)63-46(53)41-39-37-35-33-31-29-27-25-22-20-18-16-14-12-10-8-6-4-2/h11,13,17,19-20,22-24,45,47-52,54-58H,3-10,12,14-16,18,21,25-44H2,1-2H3,(H,59,60)/b13-11-,19-17-,22-20-,24-23-. The molecule has 380 valence electrons. The minimum absolute atomic E-state index is 0.0855. The normalized spacial score (nSPS) is 21.9. The Bertz CT molecular complexity index is 1260. The number of aliphatic hydroxyl groups excluding tert-OH is 5. The molecule has 6 unspecified atom stereocenters. The van der Waals surface area contributed by atoms with Gasteiger partial charge in [-0.3, -0.25) is 13.8 Å². The number of esters is 1. The second-order valence-corrected chi connectivity index (χ2v) is 19.4. The number of unbranched alkanes of at least 4 members (excludes halogenated alkanes) is 24. The molecule has 65 heavy (non-hydrogen) atoms. The quantitative estimate of drug-likeness (QED) is 0.0147. The summed E-state index contributed by atoms with van der Waals surface area (Å²) in [7, 11) is -5.03. The Balaban J connectivity index is 2.35. The second-order valence-electron chi connectivity index (χ2n) is 18.0. The fourth-order valence-corrected chi connectivity index (χ4v) is 8.74. The molecule has 1 aliphatic carbocycles. The van der Waals surface area contributed by atoms with Crippen LogP contribution in [0.5, 0.6) is 0 Å². The van der Waals surface area contributed by atoms with Crippen molar-refractivity contribution in [2.75, 3.05) is 19.8 Å². The zero-order chi connectivity index (χ0) is 47.6. The van der Waals surface area contributed by atoms with Crippen molar-refractivity contribution in [2.24, 2.45) is 0 Å². The molecule has 0 saturated heterocycles. The van der Waals surface area contributed by atoms with E-state index in [-0.39, 0.29) is 13.0 Å². The lowest BCUT2D eigenvalue weighted by Crippen LogP contribution is -2.64. The summed E-state index contributed by atoms with van der Waals surface area (Å²) >= 11 is 0. The van der Waals surface area contributed by atoms with Crippen molar-refractivity contribution in [1.82, 2.24) is 0 Å². The molecular weight excluding hydrogens is 848 g/mol. The van der Waals surface area contributed by atoms with Crippen LogP contribution in [-0.4, -0.2) is 98.9 Å². The fraction of sp³-hybridized carbons (Fsp3) is 0.827. The average molecular weight is 943 g/mol. The Morgan fingerprint density at radius 2 is 0.862 bits per heavy atom. The Labute approximate surface area is 395 Å². The third kappa shape index (κ3) is 34.3. The number of ether oxygens (including phenoxy) is 2. The topological polar surface area (TPSA) is 192 Å². The van der Waals surface area contributed by atoms with Crippen LogP contribution in [0.1, 0.15) is 213 Å². The number of hydrogen-bond acceptors (Lipinski definition) is 11. The van der Waals surface area contributed by atoms with Gasteiger partial charge in [0.25, 0.3) is 0 Å². The van der Waals surface area contributed by atoms with E-state index < -0.39 is 63.1 Å². The molecule has 0 spiro atoms. The van der Waals surface area contributed by atoms with Crippen LogP contribution in [0.2, 0.25) is 0 Å². The molecule has 1 rings (SSSR count). The lowest BCUT2D eigenvalue weighted by molar-refractivity contribution is -0.220. The van der Waals surface area contributed by atoms with Crippen molar-refractivity contribution in [2.45, 2.75) is 256 Å². The van der Waals surface area contributed by atoms with E-state index in [0.717, 1.165) is 77.0 Å². The van der Waals surface area contributed by atoms with Crippen LogP contribution in [0.4, 0.5) is 0 Å². The molecule has 0 heterocycles. The van der Waals surface area contributed by atoms with E-state index in [2.05, 4.69) is 62.5 Å². The van der Waals surface area contributed by atoms with Crippen LogP contribution in [0.3, 0.4) is 0 Å². The third-order valence-electron chi connectivity index (χ3n) is 11.9. The summed E-state index contributed by atoms with van der Waals surface area (Å²) < 4.78 is 34.3. The number of phosphoric acid groups is 1. The first-order valence-corrected chi connectivity index (χ1v) is 27.5. The van der Waals surface area contributed by atoms with E-state index in [9.17, 15) is 39.8 Å². The molecule has 12 nitrogen and oxygen atoms in total. The van der Waals surface area contributed by atoms with E-state index in [1.807, 2.05) is 0 Å². The first kappa shape index (κ1) is 61.3. The predicted octanol–water partition coefficient (Wildman–Crippen LogP) is 11.6. The van der Waals surface area contributed by atoms with Crippen LogP contribution in [0.25, 0.3) is 0 Å². The largest absolute Gasteiger partial charge is 0.472 e. The summed E-state index contributed by atoms with van der Waals surface area (Å²) in [4.78, 5) is 23.2. The monoisotopic (exact) mass is 943 g/mol. The van der Waals surface area contributed by atoms with Gasteiger partial charge in [0.1, 0.15) is 42.7 Å². The molecule has 0 aromatic carbocycles. The molecule has 6 N–H and O–H groups in total. The highest BCUT2D eigenvalue weighted by Crippen LogP contribution is 2.47. The number of carbonyl (C=O) groups excluding carboxylic acids is 1. The Hall–Kier alpha value is -1.70. The molecule has 13 heteroatoms. The SMILES string of the molecule is CCCCC/C=C\C/C=C\C/C=C\CCCCCCCCCOCC(COP(=O)(O)OC1C(O)C(O)C(O)C(O)C1O)OC(=O)CCCCCCCCC/C=C\CCCCCCCCC. The third-order valence-corrected chi connectivity index (χ3v) is 12.9. The zero-order valence-corrected chi connectivity index (χ0v) is 41.7. The number of hydrogen-bond donors (Lipinski definition) is 6. The van der Waals surface area contributed by atoms with E-state index >= 15 is 0 Å². The minimum atomic E-state index is -5.03. The van der Waals surface area contributed by atoms with Gasteiger partial charge in [-0.15, -0.1) is 0 Å². The number of allylic oxidation sites excluding steroid dienone is 8. The smallest absolute Gasteiger partial charge is 0.457 e. The van der Waals surface area contributed by atoms with Crippen LogP contribution >= 0.6 is 7.82 Å². The lowest BCUT2D eigenvalue weighted by atomic mass is 9.85.